The summed E-state index contributed by atoms with van der Waals surface area (Å²) in [5.41, 5.74) is 3.83. The van der Waals surface area contributed by atoms with Crippen molar-refractivity contribution in [1.82, 2.24) is 34.5 Å². The molecule has 0 fully saturated rings. The Morgan fingerprint density at radius 3 is 2.85 bits per heavy atom. The maximum Gasteiger partial charge on any atom is 0.291 e. The number of nitrogens with one attached hydrogen (secondary N) is 1. The Kier molecular flexibility index (Phi) is 4.22. The van der Waals surface area contributed by atoms with Gasteiger partial charge in [-0.3, -0.25) is 14.9 Å². The molecule has 0 saturated heterocycles. The van der Waals surface area contributed by atoms with Gasteiger partial charge in [0, 0.05) is 35.8 Å². The van der Waals surface area contributed by atoms with Crippen molar-refractivity contribution in [2.75, 3.05) is 0 Å². The molecule has 0 bridgehead atoms. The van der Waals surface area contributed by atoms with E-state index in [-0.39, 0.29) is 5.56 Å². The van der Waals surface area contributed by atoms with Crippen LogP contribution >= 0.6 is 0 Å². The third kappa shape index (κ3) is 3.13. The smallest absolute Gasteiger partial charge is 0.291 e. The molecule has 9 heteroatoms. The molecule has 9 nitrogen and oxygen atoms in total. The van der Waals surface area contributed by atoms with E-state index in [1.807, 2.05) is 61.0 Å². The van der Waals surface area contributed by atoms with Crippen LogP contribution in [-0.4, -0.2) is 34.5 Å². The van der Waals surface area contributed by atoms with Gasteiger partial charge in [-0.05, 0) is 37.3 Å². The molecule has 33 heavy (non-hydrogen) atoms. The molecule has 6 rings (SSSR count). The summed E-state index contributed by atoms with van der Waals surface area (Å²) in [7, 11) is 1.88. The Hall–Kier alpha value is -4.53. The Labute approximate surface area is 187 Å². The summed E-state index contributed by atoms with van der Waals surface area (Å²) in [6.45, 7) is 2.24. The lowest BCUT2D eigenvalue weighted by atomic mass is 10.2. The highest BCUT2D eigenvalue weighted by Gasteiger charge is 2.16. The molecule has 1 aromatic carbocycles. The Morgan fingerprint density at radius 1 is 1.06 bits per heavy atom. The second kappa shape index (κ2) is 7.27. The predicted molar refractivity (Wildman–Crippen MR) is 125 cm³/mol. The van der Waals surface area contributed by atoms with E-state index in [0.717, 1.165) is 38.6 Å². The minimum Gasteiger partial charge on any atom is -0.438 e. The molecule has 0 aliphatic heterocycles. The third-order valence-corrected chi connectivity index (χ3v) is 5.78. The van der Waals surface area contributed by atoms with Crippen LogP contribution in [0.5, 0.6) is 11.6 Å². The van der Waals surface area contributed by atoms with Crippen molar-refractivity contribution in [1.29, 1.82) is 0 Å². The maximum absolute atomic E-state index is 13.3. The fraction of sp³-hybridized carbons (Fsp3) is 0.125. The molecular weight excluding hydrogens is 418 g/mol. The second-order valence-electron chi connectivity index (χ2n) is 7.93. The van der Waals surface area contributed by atoms with E-state index < -0.39 is 0 Å². The van der Waals surface area contributed by atoms with Crippen LogP contribution in [0.4, 0.5) is 0 Å². The van der Waals surface area contributed by atoms with Gasteiger partial charge >= 0.3 is 0 Å². The average Bonchev–Trinajstić information content (AvgIpc) is 3.40. The summed E-state index contributed by atoms with van der Waals surface area (Å²) in [6, 6.07) is 13.3. The first-order chi connectivity index (χ1) is 16.1. The van der Waals surface area contributed by atoms with Crippen LogP contribution in [0.25, 0.3) is 32.7 Å². The lowest BCUT2D eigenvalue weighted by molar-refractivity contribution is 0.470. The van der Waals surface area contributed by atoms with Gasteiger partial charge in [0.15, 0.2) is 0 Å². The molecule has 5 aromatic heterocycles. The number of benzene rings is 1. The first kappa shape index (κ1) is 19.2. The van der Waals surface area contributed by atoms with Crippen LogP contribution in [0.3, 0.4) is 0 Å². The quantitative estimate of drug-likeness (QED) is 0.451. The standard InChI is InChI=1S/C24H19N7O2/c1-14-4-3-5-15(28-14)13-31-24(32)22-18(12-27-31)17-7-6-16(10-21(17)30(22)2)33-23-19-11-26-29-20(19)8-9-25-23/h3-12H,13H2,1-2H3,(H,26,29). The van der Waals surface area contributed by atoms with Crippen molar-refractivity contribution in [3.8, 4) is 11.6 Å². The summed E-state index contributed by atoms with van der Waals surface area (Å²) in [6.07, 6.45) is 5.09. The number of aromatic amines is 1. The molecule has 0 radical (unpaired) electrons. The highest BCUT2D eigenvalue weighted by atomic mass is 16.5. The van der Waals surface area contributed by atoms with E-state index in [9.17, 15) is 4.79 Å². The zero-order valence-corrected chi connectivity index (χ0v) is 18.0. The van der Waals surface area contributed by atoms with Crippen LogP contribution in [0.1, 0.15) is 11.4 Å². The third-order valence-electron chi connectivity index (χ3n) is 5.78. The molecule has 0 aliphatic carbocycles. The maximum atomic E-state index is 13.3. The number of hydrogen-bond donors (Lipinski definition) is 1. The number of ether oxygens (including phenoxy) is 1. The topological polar surface area (TPSA) is 104 Å². The van der Waals surface area contributed by atoms with Crippen LogP contribution in [-0.2, 0) is 13.6 Å². The predicted octanol–water partition coefficient (Wildman–Crippen LogP) is 3.70. The van der Waals surface area contributed by atoms with Gasteiger partial charge in [0.2, 0.25) is 5.88 Å². The first-order valence-corrected chi connectivity index (χ1v) is 10.5. The molecule has 1 N–H and O–H groups in total. The highest BCUT2D eigenvalue weighted by molar-refractivity contribution is 6.07. The Balaban J connectivity index is 1.44. The summed E-state index contributed by atoms with van der Waals surface area (Å²) < 4.78 is 9.39. The van der Waals surface area contributed by atoms with Gasteiger partial charge in [-0.2, -0.15) is 10.2 Å². The molecule has 0 aliphatic rings. The van der Waals surface area contributed by atoms with E-state index in [0.29, 0.717) is 23.7 Å². The normalized spacial score (nSPS) is 11.6. The van der Waals surface area contributed by atoms with Gasteiger partial charge in [0.25, 0.3) is 5.56 Å². The Bertz CT molecular complexity index is 1730. The van der Waals surface area contributed by atoms with Crippen molar-refractivity contribution >= 4 is 32.7 Å². The largest absolute Gasteiger partial charge is 0.438 e. The number of aryl methyl sites for hydroxylation is 2. The molecular formula is C24H19N7O2. The fourth-order valence-electron chi connectivity index (χ4n) is 4.19. The van der Waals surface area contributed by atoms with Gasteiger partial charge in [0.05, 0.1) is 41.1 Å². The van der Waals surface area contributed by atoms with E-state index >= 15 is 0 Å². The molecule has 0 unspecified atom stereocenters. The minimum absolute atomic E-state index is 0.165. The number of H-pyrrole nitrogens is 1. The molecule has 0 spiro atoms. The van der Waals surface area contributed by atoms with E-state index in [4.69, 9.17) is 4.74 Å². The molecule has 0 amide bonds. The van der Waals surface area contributed by atoms with Crippen molar-refractivity contribution in [2.45, 2.75) is 13.5 Å². The number of nitrogens with zero attached hydrogens (tertiary/aromatic N) is 6. The summed E-state index contributed by atoms with van der Waals surface area (Å²) in [5, 5.41) is 13.9. The molecule has 0 saturated carbocycles. The van der Waals surface area contributed by atoms with Crippen LogP contribution in [0.2, 0.25) is 0 Å². The number of aromatic nitrogens is 7. The second-order valence-corrected chi connectivity index (χ2v) is 7.93. The number of pyridine rings is 2. The lowest BCUT2D eigenvalue weighted by Gasteiger charge is -2.06. The van der Waals surface area contributed by atoms with Gasteiger partial charge < -0.3 is 9.30 Å². The van der Waals surface area contributed by atoms with Gasteiger partial charge in [0.1, 0.15) is 11.3 Å². The summed E-state index contributed by atoms with van der Waals surface area (Å²) in [5.74, 6) is 1.08. The molecule has 5 heterocycles. The van der Waals surface area contributed by atoms with Gasteiger partial charge in [-0.15, -0.1) is 0 Å². The highest BCUT2D eigenvalue weighted by Crippen LogP contribution is 2.32. The van der Waals surface area contributed by atoms with Crippen LogP contribution in [0, 0.1) is 6.92 Å². The molecule has 0 atom stereocenters. The zero-order chi connectivity index (χ0) is 22.5. The van der Waals surface area contributed by atoms with Crippen LogP contribution < -0.4 is 10.3 Å². The number of hydrogen-bond acceptors (Lipinski definition) is 6. The average molecular weight is 437 g/mol. The van der Waals surface area contributed by atoms with Gasteiger partial charge in [-0.25, -0.2) is 9.67 Å². The summed E-state index contributed by atoms with van der Waals surface area (Å²) >= 11 is 0. The van der Waals surface area contributed by atoms with Crippen molar-refractivity contribution in [2.24, 2.45) is 7.05 Å². The Morgan fingerprint density at radius 2 is 1.97 bits per heavy atom. The van der Waals surface area contributed by atoms with E-state index in [1.165, 1.54) is 4.68 Å². The minimum atomic E-state index is -0.165. The van der Waals surface area contributed by atoms with Crippen molar-refractivity contribution in [3.63, 3.8) is 0 Å². The van der Waals surface area contributed by atoms with E-state index in [2.05, 4.69) is 25.3 Å². The van der Waals surface area contributed by atoms with Crippen LogP contribution in [0.15, 0.2) is 65.8 Å². The molecule has 6 aromatic rings. The van der Waals surface area contributed by atoms with E-state index in [1.54, 1.807) is 18.6 Å². The van der Waals surface area contributed by atoms with Gasteiger partial charge in [-0.1, -0.05) is 6.07 Å². The van der Waals surface area contributed by atoms with Crippen molar-refractivity contribution < 1.29 is 4.74 Å². The zero-order valence-electron chi connectivity index (χ0n) is 18.0. The first-order valence-electron chi connectivity index (χ1n) is 10.5. The fourth-order valence-corrected chi connectivity index (χ4v) is 4.19. The molecule has 162 valence electrons. The SMILES string of the molecule is Cc1cccc(Cn2ncc3c4ccc(Oc5nccc6[nH]ncc56)cc4n(C)c3c2=O)n1. The van der Waals surface area contributed by atoms with Crippen molar-refractivity contribution in [3.05, 3.63) is 82.8 Å². The number of rotatable bonds is 4. The monoisotopic (exact) mass is 437 g/mol. The number of fused-ring (bicyclic) bond motifs is 4. The lowest BCUT2D eigenvalue weighted by Crippen LogP contribution is -2.24. The summed E-state index contributed by atoms with van der Waals surface area (Å²) in [4.78, 5) is 22.1.